The molecule has 0 bridgehead atoms. The maximum Gasteiger partial charge on any atom is 0.161 e. The van der Waals surface area contributed by atoms with Gasteiger partial charge in [0.15, 0.2) is 5.82 Å². The summed E-state index contributed by atoms with van der Waals surface area (Å²) >= 11 is 0. The molecule has 2 unspecified atom stereocenters. The summed E-state index contributed by atoms with van der Waals surface area (Å²) in [5, 5.41) is 43.5. The molecule has 0 saturated heterocycles. The molecular weight excluding hydrogens is 566 g/mol. The zero-order valence-corrected chi connectivity index (χ0v) is 25.8. The van der Waals surface area contributed by atoms with Crippen LogP contribution in [0.4, 0.5) is 28.7 Å². The van der Waals surface area contributed by atoms with Gasteiger partial charge in [-0.2, -0.15) is 10.4 Å². The summed E-state index contributed by atoms with van der Waals surface area (Å²) in [6.07, 6.45) is 0.958. The predicted octanol–water partition coefficient (Wildman–Crippen LogP) is 5.04. The van der Waals surface area contributed by atoms with E-state index in [-0.39, 0.29) is 19.8 Å². The summed E-state index contributed by atoms with van der Waals surface area (Å²) in [7, 11) is -1.20. The number of rotatable bonds is 18. The molecule has 12 heteroatoms. The topological polar surface area (TPSA) is 155 Å². The number of benzene rings is 2. The Bertz CT molecular complexity index is 1380. The third-order valence-electron chi connectivity index (χ3n) is 6.87. The van der Waals surface area contributed by atoms with Gasteiger partial charge in [0.2, 0.25) is 0 Å². The van der Waals surface area contributed by atoms with E-state index in [2.05, 4.69) is 50.7 Å². The minimum Gasteiger partial charge on any atom is -0.395 e. The fraction of sp³-hybridized carbons (Fsp3) is 0.419. The van der Waals surface area contributed by atoms with Crippen LogP contribution in [0.1, 0.15) is 31.4 Å². The average Bonchev–Trinajstić information content (AvgIpc) is 3.03. The number of nitrogens with one attached hydrogen (secondary N) is 2. The molecule has 0 spiro atoms. The molecule has 1 aromatic heterocycles. The lowest BCUT2D eigenvalue weighted by atomic mass is 10.1. The van der Waals surface area contributed by atoms with E-state index in [1.165, 1.54) is 0 Å². The zero-order valence-electron chi connectivity index (χ0n) is 25.0. The van der Waals surface area contributed by atoms with E-state index in [1.54, 1.807) is 31.2 Å². The SMILES string of the molecule is CCC(C)N(CCO)CCS(=O)c1ccc(N=Nc2c(Nc3ccccc3)nc(NCCOCCO)c(C#N)c2C)cc1. The van der Waals surface area contributed by atoms with Crippen molar-refractivity contribution in [3.63, 3.8) is 0 Å². The van der Waals surface area contributed by atoms with Crippen LogP contribution < -0.4 is 10.6 Å². The lowest BCUT2D eigenvalue weighted by molar-refractivity contribution is 0.0992. The summed E-state index contributed by atoms with van der Waals surface area (Å²) in [5.74, 6) is 1.29. The van der Waals surface area contributed by atoms with Crippen LogP contribution in [0.3, 0.4) is 0 Å². The highest BCUT2D eigenvalue weighted by molar-refractivity contribution is 7.85. The first-order chi connectivity index (χ1) is 20.9. The number of para-hydroxylation sites is 1. The van der Waals surface area contributed by atoms with Crippen LogP contribution in [0.15, 0.2) is 69.7 Å². The fourth-order valence-corrected chi connectivity index (χ4v) is 5.34. The van der Waals surface area contributed by atoms with E-state index < -0.39 is 10.8 Å². The largest absolute Gasteiger partial charge is 0.395 e. The minimum absolute atomic E-state index is 0.0607. The van der Waals surface area contributed by atoms with Crippen LogP contribution in [0.5, 0.6) is 0 Å². The van der Waals surface area contributed by atoms with Crippen molar-refractivity contribution in [2.75, 3.05) is 62.4 Å². The van der Waals surface area contributed by atoms with Gasteiger partial charge in [0, 0.05) is 47.6 Å². The van der Waals surface area contributed by atoms with Crippen molar-refractivity contribution in [1.29, 1.82) is 5.26 Å². The number of azo groups is 1. The molecule has 0 aliphatic carbocycles. The van der Waals surface area contributed by atoms with Crippen LogP contribution in [-0.4, -0.2) is 82.2 Å². The predicted molar refractivity (Wildman–Crippen MR) is 170 cm³/mol. The minimum atomic E-state index is -1.20. The summed E-state index contributed by atoms with van der Waals surface area (Å²) in [6.45, 7) is 8.18. The maximum atomic E-state index is 12.9. The highest BCUT2D eigenvalue weighted by Gasteiger charge is 2.18. The second kappa shape index (κ2) is 18.0. The van der Waals surface area contributed by atoms with Crippen molar-refractivity contribution in [3.05, 3.63) is 65.7 Å². The number of aliphatic hydroxyl groups is 2. The first-order valence-electron chi connectivity index (χ1n) is 14.4. The Kier molecular flexibility index (Phi) is 14.2. The summed E-state index contributed by atoms with van der Waals surface area (Å²) in [4.78, 5) is 7.52. The van der Waals surface area contributed by atoms with Crippen molar-refractivity contribution in [1.82, 2.24) is 9.88 Å². The van der Waals surface area contributed by atoms with Gasteiger partial charge in [-0.3, -0.25) is 9.11 Å². The van der Waals surface area contributed by atoms with Crippen LogP contribution in [0, 0.1) is 18.3 Å². The van der Waals surface area contributed by atoms with Gasteiger partial charge in [-0.05, 0) is 56.7 Å². The molecule has 3 rings (SSSR count). The van der Waals surface area contributed by atoms with Crippen molar-refractivity contribution in [2.24, 2.45) is 10.2 Å². The molecular formula is C31H41N7O4S. The number of aromatic nitrogens is 1. The fourth-order valence-electron chi connectivity index (χ4n) is 4.26. The van der Waals surface area contributed by atoms with Gasteiger partial charge in [0.1, 0.15) is 17.6 Å². The van der Waals surface area contributed by atoms with E-state index in [0.717, 1.165) is 12.1 Å². The van der Waals surface area contributed by atoms with Gasteiger partial charge >= 0.3 is 0 Å². The van der Waals surface area contributed by atoms with Crippen LogP contribution in [0.25, 0.3) is 0 Å². The smallest absolute Gasteiger partial charge is 0.161 e. The van der Waals surface area contributed by atoms with Gasteiger partial charge in [-0.25, -0.2) is 4.98 Å². The van der Waals surface area contributed by atoms with E-state index in [4.69, 9.17) is 9.84 Å². The molecule has 3 aromatic rings. The number of nitriles is 1. The molecule has 0 saturated carbocycles. The Morgan fingerprint density at radius 3 is 2.44 bits per heavy atom. The quantitative estimate of drug-likeness (QED) is 0.115. The first-order valence-corrected chi connectivity index (χ1v) is 15.7. The molecule has 230 valence electrons. The van der Waals surface area contributed by atoms with E-state index in [1.807, 2.05) is 30.3 Å². The van der Waals surface area contributed by atoms with Gasteiger partial charge < -0.3 is 25.6 Å². The monoisotopic (exact) mass is 607 g/mol. The molecule has 43 heavy (non-hydrogen) atoms. The Hall–Kier alpha value is -3.73. The van der Waals surface area contributed by atoms with Crippen molar-refractivity contribution in [3.8, 4) is 6.07 Å². The molecule has 11 nitrogen and oxygen atoms in total. The highest BCUT2D eigenvalue weighted by Crippen LogP contribution is 2.36. The Morgan fingerprint density at radius 2 is 1.79 bits per heavy atom. The van der Waals surface area contributed by atoms with Crippen molar-refractivity contribution in [2.45, 2.75) is 38.1 Å². The summed E-state index contributed by atoms with van der Waals surface area (Å²) in [5.41, 5.74) is 2.72. The molecule has 0 aliphatic rings. The summed E-state index contributed by atoms with van der Waals surface area (Å²) in [6, 6.07) is 19.1. The molecule has 2 aromatic carbocycles. The van der Waals surface area contributed by atoms with E-state index >= 15 is 0 Å². The molecule has 0 aliphatic heterocycles. The van der Waals surface area contributed by atoms with Gasteiger partial charge in [0.05, 0.1) is 48.5 Å². The Morgan fingerprint density at radius 1 is 1.05 bits per heavy atom. The molecule has 1 heterocycles. The van der Waals surface area contributed by atoms with E-state index in [0.29, 0.717) is 77.1 Å². The second-order valence-corrected chi connectivity index (χ2v) is 11.4. The molecule has 0 radical (unpaired) electrons. The number of hydrogen-bond acceptors (Lipinski definition) is 11. The number of aliphatic hydroxyl groups excluding tert-OH is 2. The molecule has 4 N–H and O–H groups in total. The lowest BCUT2D eigenvalue weighted by Gasteiger charge is -2.27. The maximum absolute atomic E-state index is 12.9. The average molecular weight is 608 g/mol. The Balaban J connectivity index is 1.82. The number of pyridine rings is 1. The van der Waals surface area contributed by atoms with Crippen molar-refractivity contribution >= 4 is 39.5 Å². The van der Waals surface area contributed by atoms with Crippen molar-refractivity contribution < 1.29 is 19.2 Å². The van der Waals surface area contributed by atoms with Crippen LogP contribution in [0.2, 0.25) is 0 Å². The second-order valence-electron chi connectivity index (χ2n) is 9.78. The molecule has 2 atom stereocenters. The molecule has 0 amide bonds. The van der Waals surface area contributed by atoms with Gasteiger partial charge in [0.25, 0.3) is 0 Å². The number of nitrogens with zero attached hydrogens (tertiary/aromatic N) is 5. The lowest BCUT2D eigenvalue weighted by Crippen LogP contribution is -2.37. The van der Waals surface area contributed by atoms with Gasteiger partial charge in [-0.15, -0.1) is 5.11 Å². The number of hydrogen-bond donors (Lipinski definition) is 4. The van der Waals surface area contributed by atoms with Gasteiger partial charge in [-0.1, -0.05) is 25.1 Å². The first kappa shape index (κ1) is 33.8. The third-order valence-corrected chi connectivity index (χ3v) is 8.22. The molecule has 0 fully saturated rings. The Labute approximate surface area is 256 Å². The van der Waals surface area contributed by atoms with Crippen LogP contribution in [-0.2, 0) is 15.5 Å². The normalized spacial score (nSPS) is 12.8. The third kappa shape index (κ3) is 10.2. The zero-order chi connectivity index (χ0) is 31.0. The highest BCUT2D eigenvalue weighted by atomic mass is 32.2. The number of ether oxygens (including phenoxy) is 1. The summed E-state index contributed by atoms with van der Waals surface area (Å²) < 4.78 is 18.3. The van der Waals surface area contributed by atoms with E-state index in [9.17, 15) is 14.6 Å². The standard InChI is InChI=1S/C31H41N7O4S/c1-4-23(2)38(15-17-39)16-21-43(41)27-12-10-26(11-13-27)36-37-29-24(3)28(22-32)30(33-14-19-42-20-18-40)35-31(29)34-25-8-6-5-7-9-25/h5-13,23,39-40H,4,14-21H2,1-3H3,(H2,33,34,35). The number of anilines is 3. The van der Waals surface area contributed by atoms with Crippen LogP contribution >= 0.6 is 0 Å².